The van der Waals surface area contributed by atoms with Gasteiger partial charge < -0.3 is 15.4 Å². The lowest BCUT2D eigenvalue weighted by atomic mass is 10.1. The minimum absolute atomic E-state index is 0.0791. The summed E-state index contributed by atoms with van der Waals surface area (Å²) in [4.78, 5) is 29.5. The first-order valence-corrected chi connectivity index (χ1v) is 6.56. The van der Waals surface area contributed by atoms with Crippen molar-refractivity contribution in [1.29, 1.82) is 0 Å². The molecule has 19 heavy (non-hydrogen) atoms. The lowest BCUT2D eigenvalue weighted by Crippen LogP contribution is -2.21. The van der Waals surface area contributed by atoms with Gasteiger partial charge in [0.05, 0.1) is 5.92 Å². The van der Waals surface area contributed by atoms with Gasteiger partial charge in [-0.15, -0.1) is 0 Å². The lowest BCUT2D eigenvalue weighted by Gasteiger charge is -2.14. The molecule has 0 unspecified atom stereocenters. The fourth-order valence-electron chi connectivity index (χ4n) is 2.37. The fourth-order valence-corrected chi connectivity index (χ4v) is 2.37. The van der Waals surface area contributed by atoms with Gasteiger partial charge in [-0.25, -0.2) is 4.98 Å². The maximum absolute atomic E-state index is 11.5. The second-order valence-electron chi connectivity index (χ2n) is 5.36. The van der Waals surface area contributed by atoms with Gasteiger partial charge in [-0.2, -0.15) is 0 Å². The number of nitrogens with one attached hydrogen (secondary N) is 2. The minimum atomic E-state index is -0.744. The molecule has 0 bridgehead atoms. The number of anilines is 1. The topological polar surface area (TPSA) is 95.1 Å². The molecule has 0 radical (unpaired) electrons. The lowest BCUT2D eigenvalue weighted by molar-refractivity contribution is -0.141. The van der Waals surface area contributed by atoms with Crippen LogP contribution in [0.2, 0.25) is 0 Å². The average molecular weight is 265 g/mol. The van der Waals surface area contributed by atoms with Crippen LogP contribution in [0.3, 0.4) is 0 Å². The molecule has 0 aliphatic heterocycles. The molecule has 3 N–H and O–H groups in total. The Morgan fingerprint density at radius 2 is 2.26 bits per heavy atom. The van der Waals surface area contributed by atoms with Crippen LogP contribution in [0.15, 0.2) is 10.9 Å². The molecule has 2 rings (SSSR count). The number of nitrogens with zero attached hydrogens (tertiary/aromatic N) is 1. The number of aromatic nitrogens is 2. The van der Waals surface area contributed by atoms with E-state index < -0.39 is 5.97 Å². The van der Waals surface area contributed by atoms with Crippen molar-refractivity contribution < 1.29 is 9.90 Å². The van der Waals surface area contributed by atoms with Crippen molar-refractivity contribution in [1.82, 2.24) is 9.97 Å². The highest BCUT2D eigenvalue weighted by Crippen LogP contribution is 2.27. The SMILES string of the molecule is CC(C)c1nc(N[C@H]2CC[C@@H](C(=O)O)C2)cc(=O)[nH]1. The molecular weight excluding hydrogens is 246 g/mol. The van der Waals surface area contributed by atoms with E-state index in [1.165, 1.54) is 6.07 Å². The van der Waals surface area contributed by atoms with Crippen molar-refractivity contribution in [3.63, 3.8) is 0 Å². The van der Waals surface area contributed by atoms with E-state index in [9.17, 15) is 9.59 Å². The molecule has 2 atom stereocenters. The molecule has 1 heterocycles. The molecule has 0 saturated heterocycles. The third kappa shape index (κ3) is 3.33. The van der Waals surface area contributed by atoms with Crippen LogP contribution in [0.25, 0.3) is 0 Å². The number of aromatic amines is 1. The van der Waals surface area contributed by atoms with Gasteiger partial charge in [0.25, 0.3) is 5.56 Å². The zero-order valence-corrected chi connectivity index (χ0v) is 11.1. The largest absolute Gasteiger partial charge is 0.481 e. The molecule has 104 valence electrons. The van der Waals surface area contributed by atoms with Crippen LogP contribution in [-0.2, 0) is 4.79 Å². The molecule has 1 saturated carbocycles. The van der Waals surface area contributed by atoms with Crippen molar-refractivity contribution in [2.75, 3.05) is 5.32 Å². The van der Waals surface area contributed by atoms with Gasteiger partial charge in [0.2, 0.25) is 0 Å². The van der Waals surface area contributed by atoms with E-state index in [1.54, 1.807) is 0 Å². The highest BCUT2D eigenvalue weighted by atomic mass is 16.4. The summed E-state index contributed by atoms with van der Waals surface area (Å²) in [5.41, 5.74) is -0.186. The van der Waals surface area contributed by atoms with Crippen LogP contribution >= 0.6 is 0 Å². The molecule has 1 aromatic heterocycles. The van der Waals surface area contributed by atoms with Gasteiger partial charge in [0, 0.05) is 18.0 Å². The maximum Gasteiger partial charge on any atom is 0.306 e. The van der Waals surface area contributed by atoms with Gasteiger partial charge in [0.1, 0.15) is 11.6 Å². The number of carboxylic acid groups (broad SMARTS) is 1. The quantitative estimate of drug-likeness (QED) is 0.768. The van der Waals surface area contributed by atoms with E-state index >= 15 is 0 Å². The third-order valence-electron chi connectivity index (χ3n) is 3.44. The van der Waals surface area contributed by atoms with E-state index in [0.717, 1.165) is 6.42 Å². The number of rotatable bonds is 4. The second-order valence-corrected chi connectivity index (χ2v) is 5.36. The van der Waals surface area contributed by atoms with Crippen LogP contribution in [0, 0.1) is 5.92 Å². The first-order chi connectivity index (χ1) is 8.95. The number of H-pyrrole nitrogens is 1. The van der Waals surface area contributed by atoms with Gasteiger partial charge in [-0.05, 0) is 19.3 Å². The maximum atomic E-state index is 11.5. The summed E-state index contributed by atoms with van der Waals surface area (Å²) in [5.74, 6) is 0.283. The second kappa shape index (κ2) is 5.42. The molecule has 1 aliphatic rings. The highest BCUT2D eigenvalue weighted by Gasteiger charge is 2.29. The van der Waals surface area contributed by atoms with Crippen LogP contribution in [0.4, 0.5) is 5.82 Å². The molecule has 0 spiro atoms. The standard InChI is InChI=1S/C13H19N3O3/c1-7(2)12-15-10(6-11(17)16-12)14-9-4-3-8(5-9)13(18)19/h6-9H,3-5H2,1-2H3,(H,18,19)(H2,14,15,16,17)/t8-,9+/m1/s1. The highest BCUT2D eigenvalue weighted by molar-refractivity contribution is 5.70. The Kier molecular flexibility index (Phi) is 3.87. The van der Waals surface area contributed by atoms with Gasteiger partial charge in [0.15, 0.2) is 0 Å². The summed E-state index contributed by atoms with van der Waals surface area (Å²) >= 11 is 0. The Labute approximate surface area is 111 Å². The van der Waals surface area contributed by atoms with Crippen LogP contribution in [0.1, 0.15) is 44.9 Å². The number of carboxylic acids is 1. The molecule has 0 amide bonds. The zero-order valence-electron chi connectivity index (χ0n) is 11.1. The first-order valence-electron chi connectivity index (χ1n) is 6.56. The predicted octanol–water partition coefficient (Wildman–Crippen LogP) is 1.56. The van der Waals surface area contributed by atoms with Crippen LogP contribution < -0.4 is 10.9 Å². The molecule has 6 heteroatoms. The summed E-state index contributed by atoms with van der Waals surface area (Å²) in [7, 11) is 0. The summed E-state index contributed by atoms with van der Waals surface area (Å²) in [6, 6.07) is 1.50. The molecule has 6 nitrogen and oxygen atoms in total. The van der Waals surface area contributed by atoms with E-state index in [4.69, 9.17) is 5.11 Å². The summed E-state index contributed by atoms with van der Waals surface area (Å²) in [6.45, 7) is 3.91. The molecule has 1 aromatic rings. The summed E-state index contributed by atoms with van der Waals surface area (Å²) in [5, 5.41) is 12.1. The third-order valence-corrected chi connectivity index (χ3v) is 3.44. The smallest absolute Gasteiger partial charge is 0.306 e. The Hall–Kier alpha value is -1.85. The molecular formula is C13H19N3O3. The average Bonchev–Trinajstić information content (AvgIpc) is 2.76. The first kappa shape index (κ1) is 13.6. The monoisotopic (exact) mass is 265 g/mol. The van der Waals surface area contributed by atoms with Gasteiger partial charge in [-0.3, -0.25) is 9.59 Å². The zero-order chi connectivity index (χ0) is 14.0. The van der Waals surface area contributed by atoms with Crippen LogP contribution in [0.5, 0.6) is 0 Å². The van der Waals surface area contributed by atoms with Crippen molar-refractivity contribution in [2.45, 2.75) is 45.1 Å². The van der Waals surface area contributed by atoms with Crippen molar-refractivity contribution in [2.24, 2.45) is 5.92 Å². The summed E-state index contributed by atoms with van der Waals surface area (Å²) < 4.78 is 0. The minimum Gasteiger partial charge on any atom is -0.481 e. The van der Waals surface area contributed by atoms with Crippen molar-refractivity contribution in [3.05, 3.63) is 22.2 Å². The van der Waals surface area contributed by atoms with Gasteiger partial charge in [-0.1, -0.05) is 13.8 Å². The number of aliphatic carboxylic acids is 1. The predicted molar refractivity (Wildman–Crippen MR) is 71.3 cm³/mol. The van der Waals surface area contributed by atoms with Gasteiger partial charge >= 0.3 is 5.97 Å². The normalized spacial score (nSPS) is 22.7. The van der Waals surface area contributed by atoms with E-state index in [1.807, 2.05) is 13.8 Å². The van der Waals surface area contributed by atoms with E-state index in [2.05, 4.69) is 15.3 Å². The molecule has 1 aliphatic carbocycles. The van der Waals surface area contributed by atoms with E-state index in [-0.39, 0.29) is 23.4 Å². The Morgan fingerprint density at radius 3 is 2.84 bits per heavy atom. The van der Waals surface area contributed by atoms with E-state index in [0.29, 0.717) is 24.5 Å². The Balaban J connectivity index is 2.08. The number of carbonyl (C=O) groups is 1. The molecule has 1 fully saturated rings. The number of hydrogen-bond donors (Lipinski definition) is 3. The fraction of sp³-hybridized carbons (Fsp3) is 0.615. The number of hydrogen-bond acceptors (Lipinski definition) is 4. The van der Waals surface area contributed by atoms with Crippen molar-refractivity contribution in [3.8, 4) is 0 Å². The van der Waals surface area contributed by atoms with Crippen molar-refractivity contribution >= 4 is 11.8 Å². The Morgan fingerprint density at radius 1 is 1.53 bits per heavy atom. The molecule has 0 aromatic carbocycles. The Bertz CT molecular complexity index is 524. The van der Waals surface area contributed by atoms with Crippen LogP contribution in [-0.4, -0.2) is 27.1 Å². The summed E-state index contributed by atoms with van der Waals surface area (Å²) in [6.07, 6.45) is 2.05.